The zero-order chi connectivity index (χ0) is 9.84. The van der Waals surface area contributed by atoms with Crippen LogP contribution in [0.2, 0.25) is 0 Å². The van der Waals surface area contributed by atoms with Gasteiger partial charge in [0.05, 0.1) is 12.6 Å². The van der Waals surface area contributed by atoms with Gasteiger partial charge in [0.2, 0.25) is 0 Å². The summed E-state index contributed by atoms with van der Waals surface area (Å²) in [7, 11) is 0. The summed E-state index contributed by atoms with van der Waals surface area (Å²) in [5.74, 6) is 0.541. The molecule has 2 heteroatoms. The number of rotatable bonds is 3. The van der Waals surface area contributed by atoms with E-state index in [0.717, 1.165) is 5.56 Å². The Morgan fingerprint density at radius 2 is 1.62 bits per heavy atom. The molecule has 0 spiro atoms. The predicted octanol–water partition coefficient (Wildman–Crippen LogP) is 1.80. The lowest BCUT2D eigenvalue weighted by atomic mass is 10.00. The lowest BCUT2D eigenvalue weighted by Gasteiger charge is -2.10. The van der Waals surface area contributed by atoms with Crippen LogP contribution >= 0.6 is 0 Å². The standard InChI is InChI=1S/C11H17NO/c1-8(2)9-3-5-10(6-4-9)11(12)7-13/h3-6,8,11,13H,7,12H2,1-2H3/t11-/m0/s1. The van der Waals surface area contributed by atoms with Crippen molar-refractivity contribution in [2.24, 2.45) is 5.73 Å². The van der Waals surface area contributed by atoms with Gasteiger partial charge in [-0.3, -0.25) is 0 Å². The van der Waals surface area contributed by atoms with Gasteiger partial charge in [-0.15, -0.1) is 0 Å². The van der Waals surface area contributed by atoms with Gasteiger partial charge in [0.1, 0.15) is 0 Å². The third-order valence-electron chi connectivity index (χ3n) is 2.23. The smallest absolute Gasteiger partial charge is 0.0624 e. The van der Waals surface area contributed by atoms with Crippen molar-refractivity contribution in [1.29, 1.82) is 0 Å². The number of aliphatic hydroxyl groups is 1. The fraction of sp³-hybridized carbons (Fsp3) is 0.455. The van der Waals surface area contributed by atoms with Gasteiger partial charge in [-0.1, -0.05) is 38.1 Å². The summed E-state index contributed by atoms with van der Waals surface area (Å²) in [6.07, 6.45) is 0. The number of hydrogen-bond donors (Lipinski definition) is 2. The van der Waals surface area contributed by atoms with E-state index in [1.165, 1.54) is 5.56 Å². The molecule has 0 aliphatic carbocycles. The Morgan fingerprint density at radius 1 is 1.15 bits per heavy atom. The fourth-order valence-electron chi connectivity index (χ4n) is 1.23. The van der Waals surface area contributed by atoms with Gasteiger partial charge in [-0.2, -0.15) is 0 Å². The molecule has 0 amide bonds. The molecular weight excluding hydrogens is 162 g/mol. The molecule has 0 unspecified atom stereocenters. The van der Waals surface area contributed by atoms with Crippen LogP contribution in [0.3, 0.4) is 0 Å². The summed E-state index contributed by atoms with van der Waals surface area (Å²) in [6, 6.07) is 7.85. The summed E-state index contributed by atoms with van der Waals surface area (Å²) in [6.45, 7) is 4.31. The van der Waals surface area contributed by atoms with Crippen LogP contribution < -0.4 is 5.73 Å². The predicted molar refractivity (Wildman–Crippen MR) is 54.5 cm³/mol. The minimum absolute atomic E-state index is 0.00102. The Hall–Kier alpha value is -0.860. The molecule has 0 heterocycles. The van der Waals surface area contributed by atoms with Crippen LogP contribution in [0.25, 0.3) is 0 Å². The quantitative estimate of drug-likeness (QED) is 0.743. The van der Waals surface area contributed by atoms with Crippen molar-refractivity contribution in [2.45, 2.75) is 25.8 Å². The van der Waals surface area contributed by atoms with E-state index >= 15 is 0 Å². The first kappa shape index (κ1) is 10.2. The lowest BCUT2D eigenvalue weighted by molar-refractivity contribution is 0.268. The van der Waals surface area contributed by atoms with Crippen LogP contribution in [0.4, 0.5) is 0 Å². The third kappa shape index (κ3) is 2.54. The molecule has 2 nitrogen and oxygen atoms in total. The Bertz CT molecular complexity index is 253. The second-order valence-corrected chi connectivity index (χ2v) is 3.61. The zero-order valence-corrected chi connectivity index (χ0v) is 8.20. The minimum atomic E-state index is -0.249. The summed E-state index contributed by atoms with van der Waals surface area (Å²) in [4.78, 5) is 0. The van der Waals surface area contributed by atoms with Gasteiger partial charge in [0.25, 0.3) is 0 Å². The molecule has 0 saturated carbocycles. The number of hydrogen-bond acceptors (Lipinski definition) is 2. The van der Waals surface area contributed by atoms with Crippen LogP contribution in [0, 0.1) is 0 Å². The molecule has 1 aromatic rings. The van der Waals surface area contributed by atoms with E-state index in [2.05, 4.69) is 26.0 Å². The number of benzene rings is 1. The molecule has 72 valence electrons. The average Bonchev–Trinajstić information content (AvgIpc) is 2.17. The Balaban J connectivity index is 2.81. The molecule has 0 bridgehead atoms. The molecule has 1 aromatic carbocycles. The maximum Gasteiger partial charge on any atom is 0.0624 e. The topological polar surface area (TPSA) is 46.2 Å². The molecule has 0 aliphatic rings. The van der Waals surface area contributed by atoms with Crippen molar-refractivity contribution in [1.82, 2.24) is 0 Å². The Kier molecular flexibility index (Phi) is 3.46. The van der Waals surface area contributed by atoms with Crippen molar-refractivity contribution in [2.75, 3.05) is 6.61 Å². The molecule has 0 saturated heterocycles. The second-order valence-electron chi connectivity index (χ2n) is 3.61. The summed E-state index contributed by atoms with van der Waals surface area (Å²) < 4.78 is 0. The highest BCUT2D eigenvalue weighted by Crippen LogP contribution is 2.17. The highest BCUT2D eigenvalue weighted by atomic mass is 16.3. The summed E-state index contributed by atoms with van der Waals surface area (Å²) >= 11 is 0. The molecule has 3 N–H and O–H groups in total. The van der Waals surface area contributed by atoms with E-state index in [1.807, 2.05) is 12.1 Å². The van der Waals surface area contributed by atoms with E-state index in [0.29, 0.717) is 5.92 Å². The first-order valence-corrected chi connectivity index (χ1v) is 4.61. The van der Waals surface area contributed by atoms with Crippen LogP contribution in [-0.4, -0.2) is 11.7 Å². The molecule has 1 atom stereocenters. The van der Waals surface area contributed by atoms with Crippen molar-refractivity contribution in [3.63, 3.8) is 0 Å². The van der Waals surface area contributed by atoms with Crippen LogP contribution in [0.1, 0.15) is 36.9 Å². The molecule has 0 radical (unpaired) electrons. The van der Waals surface area contributed by atoms with Gasteiger partial charge in [0.15, 0.2) is 0 Å². The highest BCUT2D eigenvalue weighted by molar-refractivity contribution is 5.26. The molecule has 1 rings (SSSR count). The maximum absolute atomic E-state index is 8.84. The summed E-state index contributed by atoms with van der Waals surface area (Å²) in [5, 5.41) is 8.84. The van der Waals surface area contributed by atoms with Gasteiger partial charge in [-0.05, 0) is 17.0 Å². The number of aliphatic hydroxyl groups excluding tert-OH is 1. The Labute approximate surface area is 79.4 Å². The molecule has 0 fully saturated rings. The van der Waals surface area contributed by atoms with E-state index in [-0.39, 0.29) is 12.6 Å². The van der Waals surface area contributed by atoms with E-state index in [1.54, 1.807) is 0 Å². The maximum atomic E-state index is 8.84. The van der Waals surface area contributed by atoms with Gasteiger partial charge >= 0.3 is 0 Å². The number of nitrogens with two attached hydrogens (primary N) is 1. The van der Waals surface area contributed by atoms with Crippen molar-refractivity contribution in [3.8, 4) is 0 Å². The average molecular weight is 179 g/mol. The van der Waals surface area contributed by atoms with Crippen LogP contribution in [0.15, 0.2) is 24.3 Å². The van der Waals surface area contributed by atoms with Crippen molar-refractivity contribution >= 4 is 0 Å². The fourth-order valence-corrected chi connectivity index (χ4v) is 1.23. The lowest BCUT2D eigenvalue weighted by Crippen LogP contribution is -2.14. The van der Waals surface area contributed by atoms with E-state index in [4.69, 9.17) is 10.8 Å². The normalized spacial score (nSPS) is 13.3. The van der Waals surface area contributed by atoms with Crippen molar-refractivity contribution < 1.29 is 5.11 Å². The van der Waals surface area contributed by atoms with Crippen molar-refractivity contribution in [3.05, 3.63) is 35.4 Å². The highest BCUT2D eigenvalue weighted by Gasteiger charge is 2.04. The summed E-state index contributed by atoms with van der Waals surface area (Å²) in [5.41, 5.74) is 7.96. The van der Waals surface area contributed by atoms with E-state index in [9.17, 15) is 0 Å². The molecule has 0 aliphatic heterocycles. The van der Waals surface area contributed by atoms with Gasteiger partial charge < -0.3 is 10.8 Å². The third-order valence-corrected chi connectivity index (χ3v) is 2.23. The van der Waals surface area contributed by atoms with Gasteiger partial charge in [-0.25, -0.2) is 0 Å². The second kappa shape index (κ2) is 4.40. The first-order valence-electron chi connectivity index (χ1n) is 4.61. The SMILES string of the molecule is CC(C)c1ccc([C@@H](N)CO)cc1. The molecule has 13 heavy (non-hydrogen) atoms. The molecular formula is C11H17NO. The van der Waals surface area contributed by atoms with E-state index < -0.39 is 0 Å². The largest absolute Gasteiger partial charge is 0.394 e. The minimum Gasteiger partial charge on any atom is -0.394 e. The van der Waals surface area contributed by atoms with Gasteiger partial charge in [0, 0.05) is 0 Å². The zero-order valence-electron chi connectivity index (χ0n) is 8.20. The Morgan fingerprint density at radius 3 is 2.00 bits per heavy atom. The van der Waals surface area contributed by atoms with Crippen LogP contribution in [0.5, 0.6) is 0 Å². The monoisotopic (exact) mass is 179 g/mol. The van der Waals surface area contributed by atoms with Crippen LogP contribution in [-0.2, 0) is 0 Å². The molecule has 0 aromatic heterocycles. The first-order chi connectivity index (χ1) is 6.15.